The van der Waals surface area contributed by atoms with Gasteiger partial charge in [0.25, 0.3) is 0 Å². The van der Waals surface area contributed by atoms with E-state index in [1.54, 1.807) is 36.7 Å². The highest BCUT2D eigenvalue weighted by molar-refractivity contribution is 7.89. The lowest BCUT2D eigenvalue weighted by atomic mass is 10.1. The van der Waals surface area contributed by atoms with E-state index in [-0.39, 0.29) is 4.90 Å². The Bertz CT molecular complexity index is 1430. The second-order valence-corrected chi connectivity index (χ2v) is 10.9. The lowest BCUT2D eigenvalue weighted by molar-refractivity contribution is 0.0600. The van der Waals surface area contributed by atoms with Crippen LogP contribution in [-0.4, -0.2) is 37.9 Å². The summed E-state index contributed by atoms with van der Waals surface area (Å²) in [6.07, 6.45) is 3.51. The van der Waals surface area contributed by atoms with E-state index in [1.165, 1.54) is 19.2 Å². The molecule has 1 aromatic heterocycles. The highest BCUT2D eigenvalue weighted by atomic mass is 35.5. The lowest BCUT2D eigenvalue weighted by Crippen LogP contribution is -2.37. The topological polar surface area (TPSA) is 88.6 Å². The minimum absolute atomic E-state index is 0.139. The van der Waals surface area contributed by atoms with Gasteiger partial charge >= 0.3 is 5.97 Å². The number of sulfonamides is 1. The zero-order valence-electron chi connectivity index (χ0n) is 20.8. The molecule has 196 valence electrons. The van der Waals surface area contributed by atoms with Crippen LogP contribution in [0.25, 0.3) is 0 Å². The molecular weight excluding hydrogens is 522 g/mol. The average molecular weight is 550 g/mol. The van der Waals surface area contributed by atoms with Crippen molar-refractivity contribution < 1.29 is 17.9 Å². The number of ether oxygens (including phenoxy) is 1. The van der Waals surface area contributed by atoms with Gasteiger partial charge in [-0.3, -0.25) is 9.88 Å². The molecule has 3 aromatic carbocycles. The van der Waals surface area contributed by atoms with Gasteiger partial charge in [-0.15, -0.1) is 0 Å². The van der Waals surface area contributed by atoms with Crippen molar-refractivity contribution in [3.63, 3.8) is 0 Å². The summed E-state index contributed by atoms with van der Waals surface area (Å²) in [6, 6.07) is 26.1. The second-order valence-electron chi connectivity index (χ2n) is 8.76. The fourth-order valence-corrected chi connectivity index (χ4v) is 5.42. The number of benzene rings is 3. The number of esters is 1. The summed E-state index contributed by atoms with van der Waals surface area (Å²) in [5, 5.41) is 0.462. The molecule has 7 nitrogen and oxygen atoms in total. The number of nitrogens with zero attached hydrogens (tertiary/aromatic N) is 2. The Morgan fingerprint density at radius 2 is 1.61 bits per heavy atom. The van der Waals surface area contributed by atoms with Crippen LogP contribution in [0.2, 0.25) is 5.02 Å². The Morgan fingerprint density at radius 3 is 2.24 bits per heavy atom. The van der Waals surface area contributed by atoms with E-state index in [1.807, 2.05) is 54.6 Å². The molecule has 9 heteroatoms. The molecule has 0 spiro atoms. The van der Waals surface area contributed by atoms with Gasteiger partial charge in [0, 0.05) is 37.1 Å². The molecule has 0 radical (unpaired) electrons. The van der Waals surface area contributed by atoms with Gasteiger partial charge in [-0.2, -0.15) is 0 Å². The van der Waals surface area contributed by atoms with Gasteiger partial charge in [-0.25, -0.2) is 17.9 Å². The van der Waals surface area contributed by atoms with Crippen molar-refractivity contribution in [3.05, 3.63) is 131 Å². The minimum atomic E-state index is -3.83. The molecule has 0 fully saturated rings. The van der Waals surface area contributed by atoms with Crippen LogP contribution in [0.1, 0.15) is 33.1 Å². The quantitative estimate of drug-likeness (QED) is 0.257. The number of carbonyl (C=O) groups excluding carboxylic acids is 1. The van der Waals surface area contributed by atoms with Crippen LogP contribution in [0, 0.1) is 0 Å². The standard InChI is InChI=1S/C29H28ClN3O4S/c1-37-29(34)25-11-9-22(10-12-25)19-33(20-23-6-5-17-31-18-23)21-28(24-7-3-2-4-8-24)32-38(35,36)27-15-13-26(30)14-16-27/h2-18,28,32H,19-21H2,1H3/t28-/m0/s1. The summed E-state index contributed by atoms with van der Waals surface area (Å²) < 4.78 is 34.3. The normalized spacial score (nSPS) is 12.3. The third-order valence-corrected chi connectivity index (χ3v) is 7.71. The second kappa shape index (κ2) is 12.8. The van der Waals surface area contributed by atoms with Crippen molar-refractivity contribution in [2.75, 3.05) is 13.7 Å². The van der Waals surface area contributed by atoms with Gasteiger partial charge in [-0.05, 0) is 59.2 Å². The fourth-order valence-electron chi connectivity index (χ4n) is 4.08. The third-order valence-electron chi connectivity index (χ3n) is 5.97. The Balaban J connectivity index is 1.63. The number of methoxy groups -OCH3 is 1. The Kier molecular flexibility index (Phi) is 9.25. The van der Waals surface area contributed by atoms with Gasteiger partial charge in [-0.1, -0.05) is 60.1 Å². The number of halogens is 1. The Hall–Kier alpha value is -3.56. The van der Waals surface area contributed by atoms with Crippen molar-refractivity contribution in [1.82, 2.24) is 14.6 Å². The average Bonchev–Trinajstić information content (AvgIpc) is 2.94. The zero-order chi connectivity index (χ0) is 27.0. The molecule has 0 saturated carbocycles. The largest absolute Gasteiger partial charge is 0.465 e. The van der Waals surface area contributed by atoms with E-state index in [4.69, 9.17) is 16.3 Å². The molecule has 0 aliphatic carbocycles. The fraction of sp³-hybridized carbons (Fsp3) is 0.172. The highest BCUT2D eigenvalue weighted by Gasteiger charge is 2.24. The van der Waals surface area contributed by atoms with Crippen molar-refractivity contribution in [3.8, 4) is 0 Å². The Labute approximate surface area is 228 Å². The van der Waals surface area contributed by atoms with Gasteiger partial charge in [0.05, 0.1) is 23.6 Å². The highest BCUT2D eigenvalue weighted by Crippen LogP contribution is 2.22. The smallest absolute Gasteiger partial charge is 0.337 e. The van der Waals surface area contributed by atoms with E-state index in [0.717, 1.165) is 16.7 Å². The number of carbonyl (C=O) groups is 1. The van der Waals surface area contributed by atoms with Gasteiger partial charge < -0.3 is 4.74 Å². The van der Waals surface area contributed by atoms with E-state index in [0.29, 0.717) is 30.2 Å². The maximum Gasteiger partial charge on any atom is 0.337 e. The van der Waals surface area contributed by atoms with E-state index in [2.05, 4.69) is 14.6 Å². The number of hydrogen-bond donors (Lipinski definition) is 1. The van der Waals surface area contributed by atoms with Gasteiger partial charge in [0.15, 0.2) is 0 Å². The van der Waals surface area contributed by atoms with Crippen LogP contribution in [0.4, 0.5) is 0 Å². The molecule has 0 bridgehead atoms. The molecule has 4 rings (SSSR count). The summed E-state index contributed by atoms with van der Waals surface area (Å²) >= 11 is 5.97. The molecule has 1 atom stereocenters. The van der Waals surface area contributed by atoms with Crippen LogP contribution < -0.4 is 4.72 Å². The SMILES string of the molecule is COC(=O)c1ccc(CN(Cc2cccnc2)C[C@H](NS(=O)(=O)c2ccc(Cl)cc2)c2ccccc2)cc1. The van der Waals surface area contributed by atoms with Crippen LogP contribution in [-0.2, 0) is 27.8 Å². The number of rotatable bonds is 11. The lowest BCUT2D eigenvalue weighted by Gasteiger charge is -2.28. The first kappa shape index (κ1) is 27.5. The van der Waals surface area contributed by atoms with E-state index in [9.17, 15) is 13.2 Å². The van der Waals surface area contributed by atoms with Crippen LogP contribution in [0.15, 0.2) is 108 Å². The zero-order valence-corrected chi connectivity index (χ0v) is 22.4. The van der Waals surface area contributed by atoms with E-state index >= 15 is 0 Å². The van der Waals surface area contributed by atoms with Crippen molar-refractivity contribution >= 4 is 27.6 Å². The predicted octanol–water partition coefficient (Wildman–Crippen LogP) is 5.24. The number of pyridine rings is 1. The predicted molar refractivity (Wildman–Crippen MR) is 147 cm³/mol. The maximum atomic E-state index is 13.3. The molecular formula is C29H28ClN3O4S. The molecule has 0 aliphatic heterocycles. The first-order valence-electron chi connectivity index (χ1n) is 12.0. The van der Waals surface area contributed by atoms with Crippen molar-refractivity contribution in [1.29, 1.82) is 0 Å². The number of hydrogen-bond acceptors (Lipinski definition) is 6. The third kappa shape index (κ3) is 7.49. The summed E-state index contributed by atoms with van der Waals surface area (Å²) in [6.45, 7) is 1.44. The van der Waals surface area contributed by atoms with Crippen LogP contribution in [0.3, 0.4) is 0 Å². The molecule has 0 amide bonds. The molecule has 0 saturated heterocycles. The molecule has 0 aliphatic rings. The van der Waals surface area contributed by atoms with Crippen molar-refractivity contribution in [2.24, 2.45) is 0 Å². The summed E-state index contributed by atoms with van der Waals surface area (Å²) in [5.41, 5.74) is 3.26. The summed E-state index contributed by atoms with van der Waals surface area (Å²) in [7, 11) is -2.48. The Morgan fingerprint density at radius 1 is 0.921 bits per heavy atom. The maximum absolute atomic E-state index is 13.3. The van der Waals surface area contributed by atoms with Gasteiger partial charge in [0.2, 0.25) is 10.0 Å². The molecule has 1 N–H and O–H groups in total. The first-order chi connectivity index (χ1) is 18.3. The molecule has 0 unspecified atom stereocenters. The van der Waals surface area contributed by atoms with Gasteiger partial charge in [0.1, 0.15) is 0 Å². The number of nitrogens with one attached hydrogen (secondary N) is 1. The number of aromatic nitrogens is 1. The summed E-state index contributed by atoms with van der Waals surface area (Å²) in [4.78, 5) is 18.4. The van der Waals surface area contributed by atoms with Crippen LogP contribution in [0.5, 0.6) is 0 Å². The molecule has 1 heterocycles. The van der Waals surface area contributed by atoms with Crippen molar-refractivity contribution in [2.45, 2.75) is 24.0 Å². The molecule has 4 aromatic rings. The molecule has 38 heavy (non-hydrogen) atoms. The van der Waals surface area contributed by atoms with E-state index < -0.39 is 22.0 Å². The monoisotopic (exact) mass is 549 g/mol. The van der Waals surface area contributed by atoms with Crippen LogP contribution >= 0.6 is 11.6 Å². The summed E-state index contributed by atoms with van der Waals surface area (Å²) in [5.74, 6) is -0.399. The minimum Gasteiger partial charge on any atom is -0.465 e. The first-order valence-corrected chi connectivity index (χ1v) is 13.8.